The lowest BCUT2D eigenvalue weighted by molar-refractivity contribution is -0.137. The average molecular weight is 254 g/mol. The molecule has 0 aliphatic heterocycles. The summed E-state index contributed by atoms with van der Waals surface area (Å²) in [6.07, 6.45) is -2.12. The molecule has 2 heterocycles. The Morgan fingerprint density at radius 3 is 2.44 bits per heavy atom. The van der Waals surface area contributed by atoms with E-state index in [4.69, 9.17) is 5.73 Å². The van der Waals surface area contributed by atoms with E-state index in [2.05, 4.69) is 15.3 Å². The molecule has 0 radical (unpaired) electrons. The van der Waals surface area contributed by atoms with Gasteiger partial charge in [0.15, 0.2) is 0 Å². The fourth-order valence-corrected chi connectivity index (χ4v) is 1.31. The highest BCUT2D eigenvalue weighted by molar-refractivity contribution is 5.58. The summed E-state index contributed by atoms with van der Waals surface area (Å²) in [6.45, 7) is 0. The number of halogens is 3. The van der Waals surface area contributed by atoms with Crippen LogP contribution in [0.3, 0.4) is 0 Å². The molecule has 0 atom stereocenters. The van der Waals surface area contributed by atoms with Crippen LogP contribution in [-0.2, 0) is 6.18 Å². The Bertz CT molecular complexity index is 537. The molecular formula is C11H9F3N4. The van der Waals surface area contributed by atoms with Crippen molar-refractivity contribution in [2.75, 3.05) is 11.1 Å². The normalized spacial score (nSPS) is 11.3. The Kier molecular flexibility index (Phi) is 3.05. The molecule has 0 aromatic carbocycles. The van der Waals surface area contributed by atoms with Crippen LogP contribution in [-0.4, -0.2) is 9.97 Å². The predicted molar refractivity (Wildman–Crippen MR) is 61.2 cm³/mol. The number of anilines is 3. The van der Waals surface area contributed by atoms with Gasteiger partial charge in [-0.05, 0) is 18.2 Å². The molecule has 0 saturated carbocycles. The van der Waals surface area contributed by atoms with Crippen LogP contribution in [0.5, 0.6) is 0 Å². The van der Waals surface area contributed by atoms with Crippen LogP contribution in [0.25, 0.3) is 0 Å². The first-order valence-electron chi connectivity index (χ1n) is 4.97. The molecule has 2 aromatic rings. The summed E-state index contributed by atoms with van der Waals surface area (Å²) in [4.78, 5) is 7.47. The third-order valence-electron chi connectivity index (χ3n) is 2.14. The summed E-state index contributed by atoms with van der Waals surface area (Å²) in [5.74, 6) is 0.612. The first-order chi connectivity index (χ1) is 8.45. The van der Waals surface area contributed by atoms with Crippen molar-refractivity contribution >= 4 is 17.3 Å². The average Bonchev–Trinajstić information content (AvgIpc) is 2.28. The second kappa shape index (κ2) is 4.52. The number of hydrogen-bond acceptors (Lipinski definition) is 4. The Balaban J connectivity index is 2.16. The van der Waals surface area contributed by atoms with Gasteiger partial charge in [-0.25, -0.2) is 9.97 Å². The zero-order valence-electron chi connectivity index (χ0n) is 9.07. The minimum atomic E-state index is -4.38. The van der Waals surface area contributed by atoms with Gasteiger partial charge in [0.05, 0.1) is 5.56 Å². The number of alkyl halides is 3. The molecule has 0 aliphatic rings. The summed E-state index contributed by atoms with van der Waals surface area (Å²) in [5, 5.41) is 2.82. The first kappa shape index (κ1) is 12.2. The van der Waals surface area contributed by atoms with Gasteiger partial charge in [0.25, 0.3) is 0 Å². The SMILES string of the molecule is Nc1cc(Nc2ccc(C(F)(F)F)cn2)ccn1. The van der Waals surface area contributed by atoms with E-state index in [1.807, 2.05) is 0 Å². The minimum absolute atomic E-state index is 0.300. The van der Waals surface area contributed by atoms with Gasteiger partial charge in [-0.1, -0.05) is 0 Å². The molecule has 18 heavy (non-hydrogen) atoms. The molecule has 0 spiro atoms. The van der Waals surface area contributed by atoms with Crippen molar-refractivity contribution in [3.63, 3.8) is 0 Å². The van der Waals surface area contributed by atoms with Gasteiger partial charge in [0.2, 0.25) is 0 Å². The maximum atomic E-state index is 12.3. The Labute approximate surface area is 101 Å². The standard InChI is InChI=1S/C11H9F3N4/c12-11(13,14)7-1-2-10(17-6-7)18-8-3-4-16-9(15)5-8/h1-6H,(H3,15,16,17,18). The monoisotopic (exact) mass is 254 g/mol. The highest BCUT2D eigenvalue weighted by Crippen LogP contribution is 2.29. The number of nitrogens with one attached hydrogen (secondary N) is 1. The lowest BCUT2D eigenvalue weighted by atomic mass is 10.3. The van der Waals surface area contributed by atoms with E-state index in [9.17, 15) is 13.2 Å². The van der Waals surface area contributed by atoms with Crippen LogP contribution in [0.4, 0.5) is 30.5 Å². The van der Waals surface area contributed by atoms with E-state index < -0.39 is 11.7 Å². The van der Waals surface area contributed by atoms with Gasteiger partial charge in [-0.3, -0.25) is 0 Å². The van der Waals surface area contributed by atoms with Crippen LogP contribution in [0, 0.1) is 0 Å². The molecule has 94 valence electrons. The maximum Gasteiger partial charge on any atom is 0.417 e. The second-order valence-corrected chi connectivity index (χ2v) is 3.52. The highest BCUT2D eigenvalue weighted by Gasteiger charge is 2.30. The quantitative estimate of drug-likeness (QED) is 0.864. The smallest absolute Gasteiger partial charge is 0.384 e. The zero-order valence-corrected chi connectivity index (χ0v) is 9.07. The third kappa shape index (κ3) is 2.88. The van der Waals surface area contributed by atoms with Crippen molar-refractivity contribution < 1.29 is 13.2 Å². The van der Waals surface area contributed by atoms with Gasteiger partial charge in [0, 0.05) is 24.1 Å². The van der Waals surface area contributed by atoms with Crippen molar-refractivity contribution in [1.82, 2.24) is 9.97 Å². The molecule has 3 N–H and O–H groups in total. The van der Waals surface area contributed by atoms with Crippen molar-refractivity contribution in [1.29, 1.82) is 0 Å². The molecule has 0 saturated heterocycles. The lowest BCUT2D eigenvalue weighted by Crippen LogP contribution is -2.05. The molecule has 7 heteroatoms. The zero-order chi connectivity index (χ0) is 13.2. The first-order valence-corrected chi connectivity index (χ1v) is 4.97. The van der Waals surface area contributed by atoms with E-state index in [0.29, 0.717) is 17.3 Å². The fourth-order valence-electron chi connectivity index (χ4n) is 1.31. The number of pyridine rings is 2. The van der Waals surface area contributed by atoms with Gasteiger partial charge in [0.1, 0.15) is 11.6 Å². The fraction of sp³-hybridized carbons (Fsp3) is 0.0909. The number of nitrogens with two attached hydrogens (primary N) is 1. The van der Waals surface area contributed by atoms with Crippen molar-refractivity contribution in [2.45, 2.75) is 6.18 Å². The topological polar surface area (TPSA) is 63.8 Å². The van der Waals surface area contributed by atoms with Gasteiger partial charge >= 0.3 is 6.18 Å². The van der Waals surface area contributed by atoms with Gasteiger partial charge in [-0.2, -0.15) is 13.2 Å². The van der Waals surface area contributed by atoms with Crippen LogP contribution in [0.15, 0.2) is 36.7 Å². The van der Waals surface area contributed by atoms with Crippen LogP contribution in [0.2, 0.25) is 0 Å². The molecule has 0 bridgehead atoms. The molecule has 0 fully saturated rings. The maximum absolute atomic E-state index is 12.3. The summed E-state index contributed by atoms with van der Waals surface area (Å²) < 4.78 is 36.9. The van der Waals surface area contributed by atoms with E-state index in [1.165, 1.54) is 12.3 Å². The summed E-state index contributed by atoms with van der Waals surface area (Å²) in [7, 11) is 0. The molecular weight excluding hydrogens is 245 g/mol. The van der Waals surface area contributed by atoms with Crippen LogP contribution in [0.1, 0.15) is 5.56 Å². The molecule has 0 unspecified atom stereocenters. The van der Waals surface area contributed by atoms with Crippen LogP contribution >= 0.6 is 0 Å². The molecule has 4 nitrogen and oxygen atoms in total. The van der Waals surface area contributed by atoms with Crippen molar-refractivity contribution in [3.8, 4) is 0 Å². The number of rotatable bonds is 2. The number of nitrogen functional groups attached to an aromatic ring is 1. The Morgan fingerprint density at radius 2 is 1.89 bits per heavy atom. The van der Waals surface area contributed by atoms with Gasteiger partial charge < -0.3 is 11.1 Å². The largest absolute Gasteiger partial charge is 0.417 e. The Hall–Kier alpha value is -2.31. The summed E-state index contributed by atoms with van der Waals surface area (Å²) >= 11 is 0. The third-order valence-corrected chi connectivity index (χ3v) is 2.14. The Morgan fingerprint density at radius 1 is 1.11 bits per heavy atom. The van der Waals surface area contributed by atoms with Crippen molar-refractivity contribution in [2.24, 2.45) is 0 Å². The van der Waals surface area contributed by atoms with E-state index in [-0.39, 0.29) is 0 Å². The number of aromatic nitrogens is 2. The number of hydrogen-bond donors (Lipinski definition) is 2. The van der Waals surface area contributed by atoms with E-state index >= 15 is 0 Å². The van der Waals surface area contributed by atoms with Crippen LogP contribution < -0.4 is 11.1 Å². The van der Waals surface area contributed by atoms with E-state index in [1.54, 1.807) is 12.1 Å². The minimum Gasteiger partial charge on any atom is -0.384 e. The lowest BCUT2D eigenvalue weighted by Gasteiger charge is -2.08. The molecule has 2 aromatic heterocycles. The van der Waals surface area contributed by atoms with Gasteiger partial charge in [-0.15, -0.1) is 0 Å². The predicted octanol–water partition coefficient (Wildman–Crippen LogP) is 2.82. The second-order valence-electron chi connectivity index (χ2n) is 3.52. The molecule has 0 aliphatic carbocycles. The van der Waals surface area contributed by atoms with Crippen molar-refractivity contribution in [3.05, 3.63) is 42.2 Å². The summed E-state index contributed by atoms with van der Waals surface area (Å²) in [6, 6.07) is 5.40. The molecule has 0 amide bonds. The number of nitrogens with zero attached hydrogens (tertiary/aromatic N) is 2. The molecule has 2 rings (SSSR count). The highest BCUT2D eigenvalue weighted by atomic mass is 19.4. The van der Waals surface area contributed by atoms with E-state index in [0.717, 1.165) is 12.3 Å². The summed E-state index contributed by atoms with van der Waals surface area (Å²) in [5.41, 5.74) is 5.29.